The van der Waals surface area contributed by atoms with Crippen LogP contribution in [-0.4, -0.2) is 12.2 Å². The summed E-state index contributed by atoms with van der Waals surface area (Å²) in [6.45, 7) is 0. The molecule has 0 aliphatic carbocycles. The van der Waals surface area contributed by atoms with Crippen LogP contribution in [0.15, 0.2) is 48.5 Å². The number of methoxy groups -OCH3 is 1. The molecule has 0 unspecified atom stereocenters. The molecule has 0 bridgehead atoms. The lowest BCUT2D eigenvalue weighted by Crippen LogP contribution is -2.08. The zero-order chi connectivity index (χ0) is 13.0. The molecule has 2 aromatic carbocycles. The molecule has 2 rings (SSSR count). The Kier molecular flexibility index (Phi) is 4.07. The second-order valence-electron chi connectivity index (χ2n) is 3.64. The molecule has 0 aliphatic heterocycles. The SMILES string of the molecule is COc1ccccc1[C@@H](O)Oc1ccccc1Cl. The van der Waals surface area contributed by atoms with Gasteiger partial charge in [-0.2, -0.15) is 0 Å². The van der Waals surface area contributed by atoms with Gasteiger partial charge in [0.15, 0.2) is 0 Å². The van der Waals surface area contributed by atoms with Crippen molar-refractivity contribution in [2.24, 2.45) is 0 Å². The van der Waals surface area contributed by atoms with Crippen LogP contribution in [0.2, 0.25) is 5.02 Å². The molecule has 0 aromatic heterocycles. The Morgan fingerprint density at radius 2 is 1.61 bits per heavy atom. The van der Waals surface area contributed by atoms with E-state index in [-0.39, 0.29) is 0 Å². The Balaban J connectivity index is 2.22. The lowest BCUT2D eigenvalue weighted by atomic mass is 10.2. The normalized spacial score (nSPS) is 11.9. The number of ether oxygens (including phenoxy) is 2. The van der Waals surface area contributed by atoms with Crippen molar-refractivity contribution in [3.8, 4) is 11.5 Å². The zero-order valence-electron chi connectivity index (χ0n) is 9.84. The minimum Gasteiger partial charge on any atom is -0.496 e. The maximum Gasteiger partial charge on any atom is 0.227 e. The first-order valence-electron chi connectivity index (χ1n) is 5.44. The molecular weight excluding hydrogens is 252 g/mol. The van der Waals surface area contributed by atoms with E-state index in [1.54, 1.807) is 49.6 Å². The first-order chi connectivity index (χ1) is 8.72. The quantitative estimate of drug-likeness (QED) is 0.860. The summed E-state index contributed by atoms with van der Waals surface area (Å²) in [5.74, 6) is 0.995. The standard InChI is InChI=1S/C14H13ClO3/c1-17-12-8-4-2-6-10(12)14(16)18-13-9-5-3-7-11(13)15/h2-9,14,16H,1H3/t14-/m0/s1. The number of hydrogen-bond donors (Lipinski definition) is 1. The number of para-hydroxylation sites is 2. The van der Waals surface area contributed by atoms with E-state index in [1.165, 1.54) is 0 Å². The topological polar surface area (TPSA) is 38.7 Å². The van der Waals surface area contributed by atoms with E-state index in [9.17, 15) is 5.11 Å². The molecule has 0 saturated carbocycles. The number of benzene rings is 2. The molecule has 0 aliphatic rings. The van der Waals surface area contributed by atoms with Gasteiger partial charge in [-0.25, -0.2) is 0 Å². The lowest BCUT2D eigenvalue weighted by molar-refractivity contribution is -0.0209. The molecule has 0 fully saturated rings. The Morgan fingerprint density at radius 3 is 2.28 bits per heavy atom. The van der Waals surface area contributed by atoms with Crippen LogP contribution in [0, 0.1) is 0 Å². The van der Waals surface area contributed by atoms with Crippen LogP contribution in [-0.2, 0) is 0 Å². The third-order valence-electron chi connectivity index (χ3n) is 2.48. The van der Waals surface area contributed by atoms with Gasteiger partial charge in [0.25, 0.3) is 0 Å². The van der Waals surface area contributed by atoms with Crippen LogP contribution in [0.3, 0.4) is 0 Å². The van der Waals surface area contributed by atoms with Gasteiger partial charge in [-0.3, -0.25) is 0 Å². The second-order valence-corrected chi connectivity index (χ2v) is 4.05. The molecular formula is C14H13ClO3. The maximum atomic E-state index is 10.0. The second kappa shape index (κ2) is 5.76. The predicted octanol–water partition coefficient (Wildman–Crippen LogP) is 3.42. The van der Waals surface area contributed by atoms with Crippen LogP contribution < -0.4 is 9.47 Å². The molecule has 0 heterocycles. The van der Waals surface area contributed by atoms with Crippen LogP contribution in [0.25, 0.3) is 0 Å². The van der Waals surface area contributed by atoms with Crippen molar-refractivity contribution in [3.05, 3.63) is 59.1 Å². The first-order valence-corrected chi connectivity index (χ1v) is 5.82. The summed E-state index contributed by atoms with van der Waals surface area (Å²) < 4.78 is 10.6. The maximum absolute atomic E-state index is 10.0. The fraction of sp³-hybridized carbons (Fsp3) is 0.143. The van der Waals surface area contributed by atoms with E-state index in [0.717, 1.165) is 0 Å². The summed E-state index contributed by atoms with van der Waals surface area (Å²) in [6, 6.07) is 14.1. The van der Waals surface area contributed by atoms with E-state index in [4.69, 9.17) is 21.1 Å². The molecule has 0 spiro atoms. The van der Waals surface area contributed by atoms with Crippen molar-refractivity contribution in [1.29, 1.82) is 0 Å². The highest BCUT2D eigenvalue weighted by Crippen LogP contribution is 2.30. The first kappa shape index (κ1) is 12.7. The summed E-state index contributed by atoms with van der Waals surface area (Å²) in [5.41, 5.74) is 0.555. The van der Waals surface area contributed by atoms with Crippen molar-refractivity contribution in [1.82, 2.24) is 0 Å². The highest BCUT2D eigenvalue weighted by molar-refractivity contribution is 6.32. The fourth-order valence-electron chi connectivity index (χ4n) is 1.59. The van der Waals surface area contributed by atoms with E-state index < -0.39 is 6.29 Å². The molecule has 18 heavy (non-hydrogen) atoms. The highest BCUT2D eigenvalue weighted by Gasteiger charge is 2.15. The molecule has 0 saturated heterocycles. The number of aliphatic hydroxyl groups excluding tert-OH is 1. The molecule has 94 valence electrons. The number of aliphatic hydroxyl groups is 1. The van der Waals surface area contributed by atoms with Crippen molar-refractivity contribution in [2.75, 3.05) is 7.11 Å². The average molecular weight is 265 g/mol. The fourth-order valence-corrected chi connectivity index (χ4v) is 1.77. The van der Waals surface area contributed by atoms with Gasteiger partial charge in [0, 0.05) is 0 Å². The molecule has 1 atom stereocenters. The molecule has 0 amide bonds. The van der Waals surface area contributed by atoms with E-state index >= 15 is 0 Å². The molecule has 1 N–H and O–H groups in total. The van der Waals surface area contributed by atoms with Gasteiger partial charge in [0.05, 0.1) is 17.7 Å². The summed E-state index contributed by atoms with van der Waals surface area (Å²) >= 11 is 5.96. The Hall–Kier alpha value is -1.71. The number of halogens is 1. The highest BCUT2D eigenvalue weighted by atomic mass is 35.5. The van der Waals surface area contributed by atoms with E-state index in [0.29, 0.717) is 22.1 Å². The number of hydrogen-bond acceptors (Lipinski definition) is 3. The minimum atomic E-state index is -1.12. The Bertz CT molecular complexity index is 528. The van der Waals surface area contributed by atoms with Crippen LogP contribution in [0.1, 0.15) is 11.9 Å². The molecule has 0 radical (unpaired) electrons. The summed E-state index contributed by atoms with van der Waals surface area (Å²) in [7, 11) is 1.54. The molecule has 3 nitrogen and oxygen atoms in total. The van der Waals surface area contributed by atoms with E-state index in [2.05, 4.69) is 0 Å². The number of rotatable bonds is 4. The van der Waals surface area contributed by atoms with Gasteiger partial charge in [0.2, 0.25) is 6.29 Å². The third kappa shape index (κ3) is 2.75. The van der Waals surface area contributed by atoms with Crippen LogP contribution >= 0.6 is 11.6 Å². The summed E-state index contributed by atoms with van der Waals surface area (Å²) in [4.78, 5) is 0. The van der Waals surface area contributed by atoms with Gasteiger partial charge < -0.3 is 14.6 Å². The minimum absolute atomic E-state index is 0.428. The Labute approximate surface area is 111 Å². The van der Waals surface area contributed by atoms with Crippen molar-refractivity contribution in [2.45, 2.75) is 6.29 Å². The monoisotopic (exact) mass is 264 g/mol. The van der Waals surface area contributed by atoms with Gasteiger partial charge >= 0.3 is 0 Å². The smallest absolute Gasteiger partial charge is 0.227 e. The Morgan fingerprint density at radius 1 is 1.00 bits per heavy atom. The largest absolute Gasteiger partial charge is 0.496 e. The van der Waals surface area contributed by atoms with Crippen molar-refractivity contribution < 1.29 is 14.6 Å². The summed E-state index contributed by atoms with van der Waals surface area (Å²) in [6.07, 6.45) is -1.12. The van der Waals surface area contributed by atoms with Crippen molar-refractivity contribution in [3.63, 3.8) is 0 Å². The van der Waals surface area contributed by atoms with E-state index in [1.807, 2.05) is 6.07 Å². The van der Waals surface area contributed by atoms with Gasteiger partial charge in [-0.05, 0) is 24.3 Å². The molecule has 2 aromatic rings. The zero-order valence-corrected chi connectivity index (χ0v) is 10.6. The third-order valence-corrected chi connectivity index (χ3v) is 2.79. The average Bonchev–Trinajstić information content (AvgIpc) is 2.41. The van der Waals surface area contributed by atoms with Gasteiger partial charge in [0.1, 0.15) is 11.5 Å². The summed E-state index contributed by atoms with van der Waals surface area (Å²) in [5, 5.41) is 10.5. The van der Waals surface area contributed by atoms with Crippen LogP contribution in [0.4, 0.5) is 0 Å². The van der Waals surface area contributed by atoms with Gasteiger partial charge in [-0.15, -0.1) is 0 Å². The molecule has 4 heteroatoms. The van der Waals surface area contributed by atoms with Gasteiger partial charge in [-0.1, -0.05) is 35.9 Å². The lowest BCUT2D eigenvalue weighted by Gasteiger charge is -2.16. The van der Waals surface area contributed by atoms with Crippen LogP contribution in [0.5, 0.6) is 11.5 Å². The van der Waals surface area contributed by atoms with Crippen molar-refractivity contribution >= 4 is 11.6 Å². The predicted molar refractivity (Wildman–Crippen MR) is 70.0 cm³/mol.